The van der Waals surface area contributed by atoms with Crippen molar-refractivity contribution in [1.29, 1.82) is 0 Å². The first-order valence-electron chi connectivity index (χ1n) is 8.72. The summed E-state index contributed by atoms with van der Waals surface area (Å²) in [5.41, 5.74) is 1.96. The standard InChI is InChI=1S/C22H28F3N3/c1-9-18-10-19(21(24)25)11-28(17(18)7)20(14(2)3)16(6)26-13-22(8,12-23)27-15(4)5/h1,10-11,21,26-27H,4,6-7,12-13H2,2-3,5,8H3. The first-order chi connectivity index (χ1) is 13.0. The Morgan fingerprint density at radius 3 is 2.36 bits per heavy atom. The molecular weight excluding hydrogens is 363 g/mol. The number of hydrogen-bond donors (Lipinski definition) is 2. The minimum atomic E-state index is -2.69. The van der Waals surface area contributed by atoms with Crippen LogP contribution in [-0.4, -0.2) is 30.1 Å². The van der Waals surface area contributed by atoms with E-state index < -0.39 is 18.6 Å². The molecule has 0 aliphatic carbocycles. The van der Waals surface area contributed by atoms with Gasteiger partial charge in [-0.1, -0.05) is 31.2 Å². The van der Waals surface area contributed by atoms with Crippen LogP contribution in [0.15, 0.2) is 71.5 Å². The van der Waals surface area contributed by atoms with E-state index in [4.69, 9.17) is 6.42 Å². The van der Waals surface area contributed by atoms with E-state index in [2.05, 4.69) is 36.3 Å². The number of allylic oxidation sites excluding steroid dienone is 5. The molecule has 0 radical (unpaired) electrons. The third kappa shape index (κ3) is 5.59. The monoisotopic (exact) mass is 391 g/mol. The predicted octanol–water partition coefficient (Wildman–Crippen LogP) is 4.77. The Morgan fingerprint density at radius 1 is 1.32 bits per heavy atom. The molecule has 2 N–H and O–H groups in total. The Hall–Kier alpha value is -2.81. The maximum absolute atomic E-state index is 13.5. The minimum absolute atomic E-state index is 0.204. The second-order valence-electron chi connectivity index (χ2n) is 7.23. The van der Waals surface area contributed by atoms with Crippen LogP contribution in [0.3, 0.4) is 0 Å². The number of nitrogens with zero attached hydrogens (tertiary/aromatic N) is 1. The summed E-state index contributed by atoms with van der Waals surface area (Å²) in [5.74, 6) is 2.39. The molecule has 1 aliphatic rings. The van der Waals surface area contributed by atoms with Crippen LogP contribution in [0.25, 0.3) is 0 Å². The Kier molecular flexibility index (Phi) is 7.80. The fourth-order valence-electron chi connectivity index (χ4n) is 2.80. The summed E-state index contributed by atoms with van der Waals surface area (Å²) in [6.07, 6.45) is 5.32. The number of rotatable bonds is 9. The maximum atomic E-state index is 13.5. The van der Waals surface area contributed by atoms with Crippen LogP contribution in [0.2, 0.25) is 0 Å². The van der Waals surface area contributed by atoms with Gasteiger partial charge in [0, 0.05) is 29.6 Å². The van der Waals surface area contributed by atoms with E-state index >= 15 is 0 Å². The van der Waals surface area contributed by atoms with Crippen molar-refractivity contribution in [1.82, 2.24) is 15.5 Å². The van der Waals surface area contributed by atoms with Gasteiger partial charge >= 0.3 is 0 Å². The van der Waals surface area contributed by atoms with Gasteiger partial charge in [0.05, 0.1) is 22.6 Å². The van der Waals surface area contributed by atoms with E-state index in [1.165, 1.54) is 17.2 Å². The van der Waals surface area contributed by atoms with Crippen LogP contribution in [0.5, 0.6) is 0 Å². The third-order valence-corrected chi connectivity index (χ3v) is 4.10. The zero-order valence-electron chi connectivity index (χ0n) is 16.9. The van der Waals surface area contributed by atoms with E-state index in [0.29, 0.717) is 22.8 Å². The van der Waals surface area contributed by atoms with Crippen molar-refractivity contribution in [3.05, 3.63) is 71.5 Å². The highest BCUT2D eigenvalue weighted by molar-refractivity contribution is 5.54. The van der Waals surface area contributed by atoms with E-state index in [0.717, 1.165) is 5.57 Å². The van der Waals surface area contributed by atoms with Gasteiger partial charge in [-0.25, -0.2) is 13.2 Å². The number of hydrogen-bond acceptors (Lipinski definition) is 3. The van der Waals surface area contributed by atoms with Gasteiger partial charge in [0.25, 0.3) is 6.43 Å². The molecule has 152 valence electrons. The molecule has 0 fully saturated rings. The minimum Gasteiger partial charge on any atom is -0.381 e. The van der Waals surface area contributed by atoms with Crippen LogP contribution in [0, 0.1) is 12.3 Å². The lowest BCUT2D eigenvalue weighted by molar-refractivity contribution is 0.191. The summed E-state index contributed by atoms with van der Waals surface area (Å²) < 4.78 is 40.2. The molecule has 1 atom stereocenters. The van der Waals surface area contributed by atoms with Gasteiger partial charge in [-0.2, -0.15) is 0 Å². The van der Waals surface area contributed by atoms with Crippen molar-refractivity contribution < 1.29 is 13.2 Å². The van der Waals surface area contributed by atoms with Gasteiger partial charge in [-0.05, 0) is 33.8 Å². The molecule has 0 bridgehead atoms. The van der Waals surface area contributed by atoms with Crippen molar-refractivity contribution in [3.63, 3.8) is 0 Å². The molecule has 1 aliphatic heterocycles. The second-order valence-corrected chi connectivity index (χ2v) is 7.23. The van der Waals surface area contributed by atoms with Crippen LogP contribution in [-0.2, 0) is 0 Å². The number of alkyl halides is 3. The quantitative estimate of drug-likeness (QED) is 0.438. The topological polar surface area (TPSA) is 27.3 Å². The molecule has 1 heterocycles. The molecule has 28 heavy (non-hydrogen) atoms. The van der Waals surface area contributed by atoms with Crippen LogP contribution in [0.4, 0.5) is 13.2 Å². The highest BCUT2D eigenvalue weighted by atomic mass is 19.3. The molecule has 0 saturated carbocycles. The Labute approximate surface area is 166 Å². The fraction of sp³-hybridized carbons (Fsp3) is 0.364. The van der Waals surface area contributed by atoms with Crippen LogP contribution < -0.4 is 10.6 Å². The molecule has 0 spiro atoms. The summed E-state index contributed by atoms with van der Waals surface area (Å²) in [7, 11) is 0. The van der Waals surface area contributed by atoms with Gasteiger partial charge < -0.3 is 15.5 Å². The van der Waals surface area contributed by atoms with Crippen molar-refractivity contribution in [2.24, 2.45) is 0 Å². The molecule has 1 rings (SSSR count). The van der Waals surface area contributed by atoms with E-state index in [1.54, 1.807) is 13.8 Å². The van der Waals surface area contributed by atoms with Gasteiger partial charge in [0.2, 0.25) is 0 Å². The molecule has 0 aromatic heterocycles. The third-order valence-electron chi connectivity index (χ3n) is 4.10. The number of nitrogens with one attached hydrogen (secondary N) is 2. The van der Waals surface area contributed by atoms with Gasteiger partial charge in [0.15, 0.2) is 0 Å². The molecule has 1 unspecified atom stereocenters. The maximum Gasteiger partial charge on any atom is 0.265 e. The second kappa shape index (κ2) is 9.41. The van der Waals surface area contributed by atoms with Crippen molar-refractivity contribution >= 4 is 0 Å². The summed E-state index contributed by atoms with van der Waals surface area (Å²) >= 11 is 0. The first-order valence-corrected chi connectivity index (χ1v) is 8.72. The van der Waals surface area contributed by atoms with E-state index in [-0.39, 0.29) is 17.7 Å². The molecule has 6 heteroatoms. The number of terminal acetylenes is 1. The Bertz CT molecular complexity index is 792. The van der Waals surface area contributed by atoms with Crippen molar-refractivity contribution in [2.45, 2.75) is 39.7 Å². The molecule has 0 saturated heterocycles. The Morgan fingerprint density at radius 2 is 1.93 bits per heavy atom. The number of halogens is 3. The van der Waals surface area contributed by atoms with Crippen LogP contribution in [0.1, 0.15) is 27.7 Å². The lowest BCUT2D eigenvalue weighted by Crippen LogP contribution is -2.51. The smallest absolute Gasteiger partial charge is 0.265 e. The average molecular weight is 391 g/mol. The van der Waals surface area contributed by atoms with Gasteiger partial charge in [-0.15, -0.1) is 6.42 Å². The zero-order chi connectivity index (χ0) is 21.6. The van der Waals surface area contributed by atoms with E-state index in [1.807, 2.05) is 13.8 Å². The summed E-state index contributed by atoms with van der Waals surface area (Å²) in [6.45, 7) is 18.3. The van der Waals surface area contributed by atoms with E-state index in [9.17, 15) is 13.2 Å². The zero-order valence-corrected chi connectivity index (χ0v) is 16.9. The van der Waals surface area contributed by atoms with Crippen LogP contribution >= 0.6 is 0 Å². The molecule has 3 nitrogen and oxygen atoms in total. The van der Waals surface area contributed by atoms with Gasteiger partial charge in [-0.3, -0.25) is 0 Å². The van der Waals surface area contributed by atoms with Gasteiger partial charge in [0.1, 0.15) is 6.67 Å². The van der Waals surface area contributed by atoms with Crippen molar-refractivity contribution in [2.75, 3.05) is 13.2 Å². The first kappa shape index (κ1) is 23.2. The Balaban J connectivity index is 3.18. The largest absolute Gasteiger partial charge is 0.381 e. The highest BCUT2D eigenvalue weighted by Gasteiger charge is 2.27. The molecule has 0 aromatic carbocycles. The highest BCUT2D eigenvalue weighted by Crippen LogP contribution is 2.32. The molecule has 0 aromatic rings. The normalized spacial score (nSPS) is 15.8. The molecule has 0 amide bonds. The lowest BCUT2D eigenvalue weighted by atomic mass is 10.0. The lowest BCUT2D eigenvalue weighted by Gasteiger charge is -2.34. The fourth-order valence-corrected chi connectivity index (χ4v) is 2.80. The summed E-state index contributed by atoms with van der Waals surface area (Å²) in [4.78, 5) is 1.50. The molecular formula is C22H28F3N3. The SMILES string of the molecule is C#CC1=CC(C(F)F)=CN(C(C(=C)NCC(C)(CF)NC(=C)C)=C(C)C)C1=C. The predicted molar refractivity (Wildman–Crippen MR) is 110 cm³/mol. The van der Waals surface area contributed by atoms with Crippen molar-refractivity contribution in [3.8, 4) is 12.3 Å². The summed E-state index contributed by atoms with van der Waals surface area (Å²) in [6, 6.07) is 0. The average Bonchev–Trinajstić information content (AvgIpc) is 2.60. The summed E-state index contributed by atoms with van der Waals surface area (Å²) in [5, 5.41) is 6.08.